The molecule has 30 heavy (non-hydrogen) atoms. The van der Waals surface area contributed by atoms with Crippen LogP contribution in [0.3, 0.4) is 0 Å². The highest BCUT2D eigenvalue weighted by Crippen LogP contribution is 2.43. The quantitative estimate of drug-likeness (QED) is 0.524. The van der Waals surface area contributed by atoms with Crippen LogP contribution < -0.4 is 4.90 Å². The monoisotopic (exact) mass is 459 g/mol. The maximum atomic E-state index is 13.3. The Morgan fingerprint density at radius 3 is 2.63 bits per heavy atom. The van der Waals surface area contributed by atoms with Crippen LogP contribution in [0.5, 0.6) is 0 Å². The fraction of sp³-hybridized carbons (Fsp3) is 0.318. The van der Waals surface area contributed by atoms with E-state index in [9.17, 15) is 9.59 Å². The van der Waals surface area contributed by atoms with Gasteiger partial charge in [-0.1, -0.05) is 29.3 Å². The van der Waals surface area contributed by atoms with Gasteiger partial charge in [-0.05, 0) is 48.9 Å². The number of hydrogen-bond acceptors (Lipinski definition) is 4. The van der Waals surface area contributed by atoms with Crippen molar-refractivity contribution in [3.8, 4) is 0 Å². The fourth-order valence-corrected chi connectivity index (χ4v) is 5.79. The minimum atomic E-state index is -0.404. The summed E-state index contributed by atoms with van der Waals surface area (Å²) >= 11 is 14.1. The lowest BCUT2D eigenvalue weighted by Crippen LogP contribution is -2.46. The predicted octanol–water partition coefficient (Wildman–Crippen LogP) is 5.26. The van der Waals surface area contributed by atoms with E-state index in [1.165, 1.54) is 11.3 Å². The molecule has 3 aromatic rings. The molecule has 0 aliphatic carbocycles. The summed E-state index contributed by atoms with van der Waals surface area (Å²) in [5.74, 6) is 0.0175. The van der Waals surface area contributed by atoms with Crippen LogP contribution in [0.2, 0.25) is 10.0 Å². The Morgan fingerprint density at radius 2 is 1.87 bits per heavy atom. The average Bonchev–Trinajstić information content (AvgIpc) is 3.35. The second kappa shape index (κ2) is 7.52. The first kappa shape index (κ1) is 19.8. The van der Waals surface area contributed by atoms with Crippen molar-refractivity contribution in [2.45, 2.75) is 19.3 Å². The summed E-state index contributed by atoms with van der Waals surface area (Å²) in [5.41, 5.74) is 0.861. The minimum absolute atomic E-state index is 0.118. The predicted molar refractivity (Wildman–Crippen MR) is 121 cm³/mol. The molecular weight excluding hydrogens is 441 g/mol. The van der Waals surface area contributed by atoms with Gasteiger partial charge in [-0.15, -0.1) is 11.3 Å². The van der Waals surface area contributed by atoms with Gasteiger partial charge in [-0.2, -0.15) is 0 Å². The molecule has 2 aromatic heterocycles. The Hall–Kier alpha value is -2.15. The van der Waals surface area contributed by atoms with E-state index in [2.05, 4.69) is 4.98 Å². The smallest absolute Gasteiger partial charge is 0.256 e. The minimum Gasteiger partial charge on any atom is -0.338 e. The number of aromatic nitrogens is 1. The third kappa shape index (κ3) is 3.18. The first-order chi connectivity index (χ1) is 14.5. The van der Waals surface area contributed by atoms with Gasteiger partial charge in [0, 0.05) is 41.9 Å². The van der Waals surface area contributed by atoms with Crippen molar-refractivity contribution in [3.63, 3.8) is 0 Å². The molecule has 5 nitrogen and oxygen atoms in total. The second-order valence-electron chi connectivity index (χ2n) is 7.88. The summed E-state index contributed by atoms with van der Waals surface area (Å²) in [6.07, 6.45) is 3.67. The van der Waals surface area contributed by atoms with E-state index in [-0.39, 0.29) is 11.8 Å². The van der Waals surface area contributed by atoms with Crippen molar-refractivity contribution < 1.29 is 9.59 Å². The number of nitrogens with zero attached hydrogens (tertiary/aromatic N) is 3. The average molecular weight is 460 g/mol. The zero-order valence-electron chi connectivity index (χ0n) is 16.1. The van der Waals surface area contributed by atoms with Crippen LogP contribution in [0.15, 0.2) is 41.9 Å². The first-order valence-electron chi connectivity index (χ1n) is 9.87. The number of carbonyl (C=O) groups excluding carboxylic acids is 2. The van der Waals surface area contributed by atoms with Gasteiger partial charge in [-0.3, -0.25) is 9.59 Å². The lowest BCUT2D eigenvalue weighted by molar-refractivity contribution is -0.127. The van der Waals surface area contributed by atoms with Crippen molar-refractivity contribution in [1.82, 2.24) is 9.88 Å². The Kier molecular flexibility index (Phi) is 4.96. The number of halogens is 2. The van der Waals surface area contributed by atoms with Crippen molar-refractivity contribution in [3.05, 3.63) is 57.5 Å². The molecule has 0 unspecified atom stereocenters. The summed E-state index contributed by atoms with van der Waals surface area (Å²) in [7, 11) is 0. The van der Waals surface area contributed by atoms with E-state index in [4.69, 9.17) is 23.2 Å². The lowest BCUT2D eigenvalue weighted by atomic mass is 9.77. The number of hydrogen-bond donors (Lipinski definition) is 0. The van der Waals surface area contributed by atoms with Gasteiger partial charge >= 0.3 is 0 Å². The number of likely N-dealkylation sites (tertiary alicyclic amines) is 1. The zero-order chi connectivity index (χ0) is 20.9. The largest absolute Gasteiger partial charge is 0.338 e. The van der Waals surface area contributed by atoms with Crippen LogP contribution in [-0.2, 0) is 4.79 Å². The molecule has 1 aromatic carbocycles. The van der Waals surface area contributed by atoms with E-state index in [1.807, 2.05) is 34.5 Å². The van der Waals surface area contributed by atoms with Crippen LogP contribution in [0.1, 0.15) is 29.6 Å². The number of pyridine rings is 1. The number of benzene rings is 1. The van der Waals surface area contributed by atoms with Gasteiger partial charge in [0.1, 0.15) is 4.83 Å². The highest BCUT2D eigenvalue weighted by molar-refractivity contribution is 7.16. The molecule has 0 saturated carbocycles. The van der Waals surface area contributed by atoms with Crippen molar-refractivity contribution >= 4 is 62.3 Å². The summed E-state index contributed by atoms with van der Waals surface area (Å²) in [6.45, 7) is 1.75. The molecule has 0 atom stereocenters. The molecule has 5 rings (SSSR count). The Labute approximate surface area is 188 Å². The molecule has 0 bridgehead atoms. The Balaban J connectivity index is 1.32. The molecule has 154 valence electrons. The van der Waals surface area contributed by atoms with E-state index < -0.39 is 5.41 Å². The fourth-order valence-electron chi connectivity index (χ4n) is 4.53. The van der Waals surface area contributed by atoms with Gasteiger partial charge in [-0.25, -0.2) is 4.98 Å². The Morgan fingerprint density at radius 1 is 1.10 bits per heavy atom. The lowest BCUT2D eigenvalue weighted by Gasteiger charge is -2.38. The van der Waals surface area contributed by atoms with Crippen LogP contribution in [0, 0.1) is 5.41 Å². The summed E-state index contributed by atoms with van der Waals surface area (Å²) < 4.78 is 0. The van der Waals surface area contributed by atoms with Crippen LogP contribution in [0.25, 0.3) is 10.2 Å². The molecule has 2 saturated heterocycles. The van der Waals surface area contributed by atoms with Gasteiger partial charge in [0.25, 0.3) is 5.91 Å². The maximum absolute atomic E-state index is 13.3. The van der Waals surface area contributed by atoms with Gasteiger partial charge in [0.05, 0.1) is 16.0 Å². The molecule has 2 aliphatic rings. The number of fused-ring (bicyclic) bond motifs is 1. The van der Waals surface area contributed by atoms with Crippen molar-refractivity contribution in [2.24, 2.45) is 5.41 Å². The molecule has 2 aliphatic heterocycles. The molecule has 1 spiro atoms. The first-order valence-corrected chi connectivity index (χ1v) is 11.5. The standard InChI is InChI=1S/C22H19Cl2N3O2S/c23-14-2-1-3-15(12-14)27-10-7-22(21(27)29)5-8-26(9-6-22)20(28)17-13-25-19-16(18(17)24)4-11-30-19/h1-4,11-13H,5-10H2. The van der Waals surface area contributed by atoms with Crippen LogP contribution >= 0.6 is 34.5 Å². The third-order valence-electron chi connectivity index (χ3n) is 6.30. The van der Waals surface area contributed by atoms with Gasteiger partial charge < -0.3 is 9.80 Å². The normalized spacial score (nSPS) is 18.5. The number of anilines is 1. The number of rotatable bonds is 2. The third-order valence-corrected chi connectivity index (χ3v) is 7.76. The molecule has 2 fully saturated rings. The van der Waals surface area contributed by atoms with Crippen LogP contribution in [-0.4, -0.2) is 41.3 Å². The van der Waals surface area contributed by atoms with Gasteiger partial charge in [0.15, 0.2) is 0 Å². The Bertz CT molecular complexity index is 1150. The summed E-state index contributed by atoms with van der Waals surface area (Å²) in [5, 5.41) is 3.80. The van der Waals surface area contributed by atoms with Gasteiger partial charge in [0.2, 0.25) is 5.91 Å². The molecule has 8 heteroatoms. The summed E-state index contributed by atoms with van der Waals surface area (Å²) in [6, 6.07) is 9.29. The SMILES string of the molecule is O=C(c1cnc2sccc2c1Cl)N1CCC2(CC1)CCN(c1cccc(Cl)c1)C2=O. The molecule has 0 radical (unpaired) electrons. The topological polar surface area (TPSA) is 53.5 Å². The highest BCUT2D eigenvalue weighted by atomic mass is 35.5. The van der Waals surface area contributed by atoms with Crippen molar-refractivity contribution in [1.29, 1.82) is 0 Å². The zero-order valence-corrected chi connectivity index (χ0v) is 18.4. The maximum Gasteiger partial charge on any atom is 0.256 e. The number of thiophene rings is 1. The van der Waals surface area contributed by atoms with Crippen LogP contribution in [0.4, 0.5) is 5.69 Å². The van der Waals surface area contributed by atoms with E-state index >= 15 is 0 Å². The number of amides is 2. The van der Waals surface area contributed by atoms with Crippen molar-refractivity contribution in [2.75, 3.05) is 24.5 Å². The highest BCUT2D eigenvalue weighted by Gasteiger charge is 2.49. The molecular formula is C22H19Cl2N3O2S. The molecule has 0 N–H and O–H groups in total. The van der Waals surface area contributed by atoms with E-state index in [0.29, 0.717) is 48.1 Å². The second-order valence-corrected chi connectivity index (χ2v) is 9.59. The van der Waals surface area contributed by atoms with E-state index in [0.717, 1.165) is 22.3 Å². The number of piperidine rings is 1. The number of carbonyl (C=O) groups is 2. The summed E-state index contributed by atoms with van der Waals surface area (Å²) in [4.78, 5) is 35.2. The molecule has 2 amide bonds. The molecule has 4 heterocycles. The van der Waals surface area contributed by atoms with E-state index in [1.54, 1.807) is 17.2 Å².